The minimum atomic E-state index is -1.70. The van der Waals surface area contributed by atoms with Crippen molar-refractivity contribution in [3.05, 3.63) is 65.2 Å². The number of imide groups is 1. The lowest BCUT2D eigenvalue weighted by Crippen LogP contribution is -2.53. The number of amides is 3. The number of carboxylic acid groups (broad SMARTS) is 1. The van der Waals surface area contributed by atoms with Crippen molar-refractivity contribution in [1.82, 2.24) is 10.2 Å². The van der Waals surface area contributed by atoms with Gasteiger partial charge in [-0.3, -0.25) is 29.4 Å². The number of fused-ring (bicyclic) bond motifs is 4. The first-order chi connectivity index (χ1) is 15.7. The molecule has 2 aromatic carbocycles. The van der Waals surface area contributed by atoms with Gasteiger partial charge in [-0.15, -0.1) is 0 Å². The third-order valence-electron chi connectivity index (χ3n) is 6.69. The van der Waals surface area contributed by atoms with E-state index in [1.165, 1.54) is 36.4 Å². The zero-order valence-electron chi connectivity index (χ0n) is 17.2. The summed E-state index contributed by atoms with van der Waals surface area (Å²) in [7, 11) is 0. The predicted molar refractivity (Wildman–Crippen MR) is 109 cm³/mol. The number of carboxylic acids is 1. The Labute approximate surface area is 186 Å². The number of hydrogen-bond donors (Lipinski definition) is 3. The molecule has 3 amide bonds. The number of likely N-dealkylation sites (tertiary alicyclic amines) is 1. The highest BCUT2D eigenvalue weighted by Crippen LogP contribution is 2.53. The van der Waals surface area contributed by atoms with Gasteiger partial charge in [-0.05, 0) is 42.3 Å². The average molecular weight is 455 g/mol. The molecule has 3 aliphatic rings. The molecular formula is C23H19F2N3O5. The van der Waals surface area contributed by atoms with Crippen LogP contribution in [0.4, 0.5) is 14.5 Å². The minimum Gasteiger partial charge on any atom is -0.481 e. The summed E-state index contributed by atoms with van der Waals surface area (Å²) in [6, 6.07) is 8.25. The number of aliphatic carboxylic acids is 1. The van der Waals surface area contributed by atoms with Crippen LogP contribution in [0, 0.1) is 23.5 Å². The van der Waals surface area contributed by atoms with Crippen LogP contribution in [0.1, 0.15) is 24.0 Å². The highest BCUT2D eigenvalue weighted by atomic mass is 19.1. The van der Waals surface area contributed by atoms with E-state index in [9.17, 15) is 28.0 Å². The lowest BCUT2D eigenvalue weighted by atomic mass is 9.76. The second-order valence-electron chi connectivity index (χ2n) is 8.53. The van der Waals surface area contributed by atoms with Gasteiger partial charge >= 0.3 is 5.97 Å². The Hall–Kier alpha value is -3.66. The Morgan fingerprint density at radius 2 is 1.73 bits per heavy atom. The number of anilines is 1. The fourth-order valence-corrected chi connectivity index (χ4v) is 5.29. The zero-order valence-corrected chi connectivity index (χ0v) is 17.2. The highest BCUT2D eigenvalue weighted by molar-refractivity contribution is 6.15. The van der Waals surface area contributed by atoms with Crippen molar-refractivity contribution in [3.63, 3.8) is 0 Å². The highest BCUT2D eigenvalue weighted by Gasteiger charge is 2.70. The quantitative estimate of drug-likeness (QED) is 0.592. The van der Waals surface area contributed by atoms with Crippen LogP contribution < -0.4 is 10.6 Å². The van der Waals surface area contributed by atoms with Crippen LogP contribution in [0.5, 0.6) is 0 Å². The van der Waals surface area contributed by atoms with E-state index in [1.54, 1.807) is 0 Å². The molecule has 0 aliphatic carbocycles. The summed E-state index contributed by atoms with van der Waals surface area (Å²) in [4.78, 5) is 52.4. The Bertz CT molecular complexity index is 1200. The Kier molecular flexibility index (Phi) is 4.78. The van der Waals surface area contributed by atoms with E-state index >= 15 is 0 Å². The normalized spacial score (nSPS) is 27.8. The van der Waals surface area contributed by atoms with E-state index < -0.39 is 58.7 Å². The van der Waals surface area contributed by atoms with E-state index in [1.807, 2.05) is 0 Å². The van der Waals surface area contributed by atoms with Gasteiger partial charge in [-0.2, -0.15) is 0 Å². The van der Waals surface area contributed by atoms with Crippen LogP contribution in [-0.2, 0) is 31.3 Å². The molecule has 3 heterocycles. The van der Waals surface area contributed by atoms with E-state index in [-0.39, 0.29) is 24.9 Å². The van der Waals surface area contributed by atoms with Gasteiger partial charge in [0.1, 0.15) is 17.2 Å². The summed E-state index contributed by atoms with van der Waals surface area (Å²) in [5.41, 5.74) is -0.645. The number of carbonyl (C=O) groups is 4. The fourth-order valence-electron chi connectivity index (χ4n) is 5.29. The van der Waals surface area contributed by atoms with Crippen molar-refractivity contribution in [1.29, 1.82) is 0 Å². The predicted octanol–water partition coefficient (Wildman–Crippen LogP) is 1.75. The van der Waals surface area contributed by atoms with Gasteiger partial charge in [0.25, 0.3) is 0 Å². The number of hydrogen-bond acceptors (Lipinski definition) is 5. The van der Waals surface area contributed by atoms with Crippen molar-refractivity contribution in [2.45, 2.75) is 31.0 Å². The van der Waals surface area contributed by atoms with Gasteiger partial charge in [0.05, 0.1) is 18.4 Å². The van der Waals surface area contributed by atoms with Crippen LogP contribution in [-0.4, -0.2) is 39.7 Å². The largest absolute Gasteiger partial charge is 0.481 e. The van der Waals surface area contributed by atoms with E-state index in [2.05, 4.69) is 10.6 Å². The molecule has 3 N–H and O–H groups in total. The Balaban J connectivity index is 1.58. The molecule has 0 radical (unpaired) electrons. The summed E-state index contributed by atoms with van der Waals surface area (Å²) >= 11 is 0. The van der Waals surface area contributed by atoms with Crippen molar-refractivity contribution in [3.8, 4) is 0 Å². The van der Waals surface area contributed by atoms with Crippen LogP contribution in [0.25, 0.3) is 0 Å². The molecule has 2 aromatic rings. The van der Waals surface area contributed by atoms with E-state index in [4.69, 9.17) is 5.11 Å². The molecule has 0 saturated carbocycles. The summed E-state index contributed by atoms with van der Waals surface area (Å²) in [6.07, 6.45) is -0.284. The maximum atomic E-state index is 14.2. The number of nitrogens with one attached hydrogen (secondary N) is 2. The number of nitrogens with zero attached hydrogens (tertiary/aromatic N) is 1. The zero-order chi connectivity index (χ0) is 23.5. The summed E-state index contributed by atoms with van der Waals surface area (Å²) in [5, 5.41) is 14.9. The number of benzene rings is 2. The molecule has 2 saturated heterocycles. The summed E-state index contributed by atoms with van der Waals surface area (Å²) in [6.45, 7) is -0.121. The molecule has 0 aromatic heterocycles. The molecule has 4 unspecified atom stereocenters. The standard InChI is InChI=1S/C23H19F2N3O5/c24-12-3-1-11(2-4-12)10-28-20(31)18-16(7-8-17(29)30)27-23(19(18)21(28)32)14-9-13(25)5-6-15(14)26-22(23)33/h1-6,9,16,18-19,27H,7-8,10H2,(H,26,33)(H,29,30). The Morgan fingerprint density at radius 3 is 2.42 bits per heavy atom. The van der Waals surface area contributed by atoms with Crippen LogP contribution in [0.15, 0.2) is 42.5 Å². The third-order valence-corrected chi connectivity index (χ3v) is 6.69. The molecule has 2 fully saturated rings. The monoisotopic (exact) mass is 455 g/mol. The Morgan fingerprint density at radius 1 is 1.03 bits per heavy atom. The maximum absolute atomic E-state index is 14.2. The number of carbonyl (C=O) groups excluding carboxylic acids is 3. The topological polar surface area (TPSA) is 116 Å². The molecule has 33 heavy (non-hydrogen) atoms. The second-order valence-corrected chi connectivity index (χ2v) is 8.53. The first kappa shape index (κ1) is 21.2. The molecule has 8 nitrogen and oxygen atoms in total. The van der Waals surface area contributed by atoms with Gasteiger partial charge in [0, 0.05) is 23.7 Å². The fraction of sp³-hybridized carbons (Fsp3) is 0.304. The molecular weight excluding hydrogens is 436 g/mol. The van der Waals surface area contributed by atoms with Gasteiger partial charge in [0.2, 0.25) is 17.7 Å². The number of rotatable bonds is 5. The molecule has 4 atom stereocenters. The molecule has 3 aliphatic heterocycles. The lowest BCUT2D eigenvalue weighted by molar-refractivity contribution is -0.144. The van der Waals surface area contributed by atoms with Gasteiger partial charge < -0.3 is 10.4 Å². The molecule has 0 bridgehead atoms. The van der Waals surface area contributed by atoms with Crippen molar-refractivity contribution in [2.75, 3.05) is 5.32 Å². The molecule has 170 valence electrons. The number of halogens is 2. The lowest BCUT2D eigenvalue weighted by Gasteiger charge is -2.29. The SMILES string of the molecule is O=C(O)CCC1NC2(C(=O)Nc3ccc(F)cc32)C2C(=O)N(Cc3ccc(F)cc3)C(=O)C12. The van der Waals surface area contributed by atoms with Crippen molar-refractivity contribution < 1.29 is 33.1 Å². The van der Waals surface area contributed by atoms with Crippen molar-refractivity contribution >= 4 is 29.4 Å². The second kappa shape index (κ2) is 7.45. The third kappa shape index (κ3) is 3.12. The minimum absolute atomic E-state index is 0.000409. The van der Waals surface area contributed by atoms with Gasteiger partial charge in [-0.1, -0.05) is 12.1 Å². The molecule has 10 heteroatoms. The van der Waals surface area contributed by atoms with Gasteiger partial charge in [0.15, 0.2) is 0 Å². The van der Waals surface area contributed by atoms with Crippen molar-refractivity contribution in [2.24, 2.45) is 11.8 Å². The van der Waals surface area contributed by atoms with Crippen LogP contribution >= 0.6 is 0 Å². The summed E-state index contributed by atoms with van der Waals surface area (Å²) < 4.78 is 27.4. The van der Waals surface area contributed by atoms with E-state index in [0.717, 1.165) is 11.0 Å². The molecule has 1 spiro atoms. The smallest absolute Gasteiger partial charge is 0.303 e. The van der Waals surface area contributed by atoms with E-state index in [0.29, 0.717) is 11.3 Å². The van der Waals surface area contributed by atoms with Crippen LogP contribution in [0.2, 0.25) is 0 Å². The molecule has 5 rings (SSSR count). The van der Waals surface area contributed by atoms with Gasteiger partial charge in [-0.25, -0.2) is 8.78 Å². The van der Waals surface area contributed by atoms with Crippen LogP contribution in [0.3, 0.4) is 0 Å². The first-order valence-corrected chi connectivity index (χ1v) is 10.4. The maximum Gasteiger partial charge on any atom is 0.303 e. The average Bonchev–Trinajstić information content (AvgIpc) is 3.34. The summed E-state index contributed by atoms with van der Waals surface area (Å²) in [5.74, 6) is -6.11. The first-order valence-electron chi connectivity index (χ1n) is 10.4.